The van der Waals surface area contributed by atoms with Crippen LogP contribution in [0.25, 0.3) is 22.6 Å². The first-order valence-corrected chi connectivity index (χ1v) is 12.2. The van der Waals surface area contributed by atoms with Gasteiger partial charge in [-0.05, 0) is 43.2 Å². The minimum atomic E-state index is -4.45. The number of halogens is 3. The second-order valence-electron chi connectivity index (χ2n) is 9.24. The van der Waals surface area contributed by atoms with Crippen LogP contribution in [-0.4, -0.2) is 30.6 Å². The summed E-state index contributed by atoms with van der Waals surface area (Å²) in [4.78, 5) is 25.1. The second kappa shape index (κ2) is 10.2. The van der Waals surface area contributed by atoms with Crippen molar-refractivity contribution in [2.24, 2.45) is 0 Å². The molecule has 7 nitrogen and oxygen atoms in total. The van der Waals surface area contributed by atoms with Crippen LogP contribution in [0.2, 0.25) is 0 Å². The lowest BCUT2D eigenvalue weighted by molar-refractivity contribution is -0.137. The van der Waals surface area contributed by atoms with Crippen molar-refractivity contribution in [1.29, 1.82) is 0 Å². The number of hydrogen-bond donors (Lipinski definition) is 2. The SMILES string of the molecule is Cc1cccc(-c2nc3nc(C(=O)O)nc(N[C@@H](C)c4ccccc4)c3n2Cc2ccc(C(F)(F)F)cc2)c1. The molecule has 2 N–H and O–H groups in total. The van der Waals surface area contributed by atoms with Crippen LogP contribution in [0.4, 0.5) is 19.0 Å². The Hall–Kier alpha value is -4.73. The molecule has 0 spiro atoms. The van der Waals surface area contributed by atoms with E-state index in [-0.39, 0.29) is 24.1 Å². The molecule has 0 aliphatic heterocycles. The monoisotopic (exact) mass is 531 g/mol. The van der Waals surface area contributed by atoms with Gasteiger partial charge in [-0.15, -0.1) is 0 Å². The Labute approximate surface area is 222 Å². The highest BCUT2D eigenvalue weighted by Crippen LogP contribution is 2.33. The molecule has 0 fully saturated rings. The molecule has 10 heteroatoms. The van der Waals surface area contributed by atoms with Gasteiger partial charge in [-0.25, -0.2) is 19.7 Å². The van der Waals surface area contributed by atoms with E-state index in [9.17, 15) is 23.1 Å². The number of nitrogens with zero attached hydrogens (tertiary/aromatic N) is 4. The van der Waals surface area contributed by atoms with E-state index < -0.39 is 23.5 Å². The highest BCUT2D eigenvalue weighted by atomic mass is 19.4. The number of alkyl halides is 3. The van der Waals surface area contributed by atoms with Crippen LogP contribution in [0.1, 0.15) is 45.8 Å². The molecule has 1 atom stereocenters. The van der Waals surface area contributed by atoms with Crippen molar-refractivity contribution in [2.75, 3.05) is 5.32 Å². The lowest BCUT2D eigenvalue weighted by Gasteiger charge is -2.18. The number of hydrogen-bond acceptors (Lipinski definition) is 5. The number of aryl methyl sites for hydroxylation is 1. The van der Waals surface area contributed by atoms with Gasteiger partial charge in [-0.2, -0.15) is 13.2 Å². The molecule has 0 saturated heterocycles. The molecule has 0 amide bonds. The lowest BCUT2D eigenvalue weighted by atomic mass is 10.1. The minimum absolute atomic E-state index is 0.155. The molecule has 39 heavy (non-hydrogen) atoms. The summed E-state index contributed by atoms with van der Waals surface area (Å²) in [5.41, 5.74) is 3.14. The first-order valence-electron chi connectivity index (χ1n) is 12.2. The van der Waals surface area contributed by atoms with Gasteiger partial charge in [0.15, 0.2) is 11.5 Å². The van der Waals surface area contributed by atoms with Gasteiger partial charge in [-0.3, -0.25) is 0 Å². The van der Waals surface area contributed by atoms with Crippen molar-refractivity contribution < 1.29 is 23.1 Å². The van der Waals surface area contributed by atoms with Gasteiger partial charge in [0.2, 0.25) is 5.82 Å². The quantitative estimate of drug-likeness (QED) is 0.242. The molecule has 0 radical (unpaired) electrons. The summed E-state index contributed by atoms with van der Waals surface area (Å²) in [6.45, 7) is 4.01. The Morgan fingerprint density at radius 3 is 2.33 bits per heavy atom. The molecular formula is C29H24F3N5O2. The topological polar surface area (TPSA) is 92.9 Å². The van der Waals surface area contributed by atoms with E-state index in [1.165, 1.54) is 12.1 Å². The van der Waals surface area contributed by atoms with Crippen molar-refractivity contribution in [3.8, 4) is 11.4 Å². The number of fused-ring (bicyclic) bond motifs is 1. The van der Waals surface area contributed by atoms with Gasteiger partial charge in [0.1, 0.15) is 11.3 Å². The van der Waals surface area contributed by atoms with Crippen LogP contribution in [0.3, 0.4) is 0 Å². The fourth-order valence-electron chi connectivity index (χ4n) is 4.40. The predicted octanol–water partition coefficient (Wildman–Crippen LogP) is 6.74. The molecule has 0 aliphatic rings. The van der Waals surface area contributed by atoms with Crippen molar-refractivity contribution in [3.63, 3.8) is 0 Å². The zero-order chi connectivity index (χ0) is 27.7. The van der Waals surface area contributed by atoms with E-state index in [1.807, 2.05) is 68.4 Å². The van der Waals surface area contributed by atoms with E-state index in [4.69, 9.17) is 0 Å². The van der Waals surface area contributed by atoms with Crippen LogP contribution < -0.4 is 5.32 Å². The summed E-state index contributed by atoms with van der Waals surface area (Å²) < 4.78 is 41.3. The number of aromatic carboxylic acids is 1. The second-order valence-corrected chi connectivity index (χ2v) is 9.24. The molecule has 0 bridgehead atoms. The third-order valence-electron chi connectivity index (χ3n) is 6.35. The minimum Gasteiger partial charge on any atom is -0.475 e. The van der Waals surface area contributed by atoms with Crippen LogP contribution in [0, 0.1) is 6.92 Å². The van der Waals surface area contributed by atoms with Crippen LogP contribution in [0.15, 0.2) is 78.9 Å². The molecule has 2 heterocycles. The zero-order valence-corrected chi connectivity index (χ0v) is 21.1. The average Bonchev–Trinajstić information content (AvgIpc) is 3.27. The maximum atomic E-state index is 13.2. The summed E-state index contributed by atoms with van der Waals surface area (Å²) >= 11 is 0. The lowest BCUT2D eigenvalue weighted by Crippen LogP contribution is -2.14. The highest BCUT2D eigenvalue weighted by Gasteiger charge is 2.30. The van der Waals surface area contributed by atoms with Crippen molar-refractivity contribution in [2.45, 2.75) is 32.6 Å². The number of carboxylic acids is 1. The standard InChI is InChI=1S/C29H24F3N5O2/c1-17-7-6-10-21(15-17)27-36-25-23(37(27)16-19-11-13-22(14-12-19)29(30,31)32)24(34-26(35-25)28(38)39)33-18(2)20-8-4-3-5-9-20/h3-15,18H,16H2,1-2H3,(H,38,39)(H,33,34,35)/t18-/m0/s1. The molecule has 198 valence electrons. The maximum Gasteiger partial charge on any atom is 0.416 e. The molecular weight excluding hydrogens is 507 g/mol. The molecule has 2 aromatic heterocycles. The number of rotatable bonds is 7. The fraction of sp³-hybridized carbons (Fsp3) is 0.172. The van der Waals surface area contributed by atoms with Gasteiger partial charge >= 0.3 is 12.1 Å². The van der Waals surface area contributed by atoms with Crippen molar-refractivity contribution in [1.82, 2.24) is 19.5 Å². The maximum absolute atomic E-state index is 13.2. The van der Waals surface area contributed by atoms with Crippen LogP contribution in [-0.2, 0) is 12.7 Å². The number of benzene rings is 3. The van der Waals surface area contributed by atoms with E-state index in [0.717, 1.165) is 28.8 Å². The van der Waals surface area contributed by atoms with E-state index in [0.29, 0.717) is 16.9 Å². The van der Waals surface area contributed by atoms with Crippen molar-refractivity contribution >= 4 is 23.0 Å². The number of aromatic nitrogens is 4. The smallest absolute Gasteiger partial charge is 0.416 e. The van der Waals surface area contributed by atoms with E-state index in [2.05, 4.69) is 20.3 Å². The Balaban J connectivity index is 1.70. The normalized spacial score (nSPS) is 12.4. The summed E-state index contributed by atoms with van der Waals surface area (Å²) in [6.07, 6.45) is -4.45. The first kappa shape index (κ1) is 25.9. The summed E-state index contributed by atoms with van der Waals surface area (Å²) in [5, 5.41) is 13.0. The summed E-state index contributed by atoms with van der Waals surface area (Å²) in [6, 6.07) is 21.8. The van der Waals surface area contributed by atoms with Gasteiger partial charge < -0.3 is 15.0 Å². The Morgan fingerprint density at radius 2 is 1.69 bits per heavy atom. The molecule has 5 aromatic rings. The number of imidazole rings is 1. The molecule has 0 unspecified atom stereocenters. The third-order valence-corrected chi connectivity index (χ3v) is 6.35. The molecule has 0 aliphatic carbocycles. The molecule has 5 rings (SSSR count). The zero-order valence-electron chi connectivity index (χ0n) is 21.1. The summed E-state index contributed by atoms with van der Waals surface area (Å²) in [7, 11) is 0. The van der Waals surface area contributed by atoms with Crippen molar-refractivity contribution in [3.05, 3.63) is 107 Å². The van der Waals surface area contributed by atoms with Gasteiger partial charge in [-0.1, -0.05) is 66.2 Å². The highest BCUT2D eigenvalue weighted by molar-refractivity contribution is 5.92. The van der Waals surface area contributed by atoms with Crippen LogP contribution in [0.5, 0.6) is 0 Å². The average molecular weight is 532 g/mol. The Bertz CT molecular complexity index is 1650. The molecule has 0 saturated carbocycles. The predicted molar refractivity (Wildman–Crippen MR) is 141 cm³/mol. The number of carbonyl (C=O) groups is 1. The van der Waals surface area contributed by atoms with Gasteiger partial charge in [0.25, 0.3) is 0 Å². The Kier molecular flexibility index (Phi) is 6.78. The van der Waals surface area contributed by atoms with Gasteiger partial charge in [0, 0.05) is 12.1 Å². The fourth-order valence-corrected chi connectivity index (χ4v) is 4.40. The van der Waals surface area contributed by atoms with E-state index in [1.54, 1.807) is 4.57 Å². The van der Waals surface area contributed by atoms with E-state index >= 15 is 0 Å². The first-order chi connectivity index (χ1) is 18.6. The van der Waals surface area contributed by atoms with Gasteiger partial charge in [0.05, 0.1) is 11.6 Å². The molecule has 3 aromatic carbocycles. The number of carboxylic acid groups (broad SMARTS) is 1. The largest absolute Gasteiger partial charge is 0.475 e. The third kappa shape index (κ3) is 5.45. The number of nitrogens with one attached hydrogen (secondary N) is 1. The summed E-state index contributed by atoms with van der Waals surface area (Å²) in [5.74, 6) is -0.977. The van der Waals surface area contributed by atoms with Crippen LogP contribution >= 0.6 is 0 Å². The Morgan fingerprint density at radius 1 is 0.974 bits per heavy atom. The number of anilines is 1.